The summed E-state index contributed by atoms with van der Waals surface area (Å²) in [4.78, 5) is 13.3. The zero-order chi connectivity index (χ0) is 15.1. The fraction of sp³-hybridized carbons (Fsp3) is 0.467. The summed E-state index contributed by atoms with van der Waals surface area (Å²) in [5, 5.41) is 11.0. The molecular formula is C15H21N3O3. The summed E-state index contributed by atoms with van der Waals surface area (Å²) in [5.41, 5.74) is 6.50. The Morgan fingerprint density at radius 1 is 1.33 bits per heavy atom. The fourth-order valence-electron chi connectivity index (χ4n) is 2.59. The number of hydrogen-bond acceptors (Lipinski definition) is 4. The Kier molecular flexibility index (Phi) is 5.43. The standard InChI is InChI=1S/C15H21N3O3/c16-14(17-20)21-15(19)18-10-8-13(9-11-18)7-6-12-4-2-1-3-5-12/h1-5,13,20H,6-11H2,(H2,16,17). The van der Waals surface area contributed by atoms with Crippen molar-refractivity contribution in [3.05, 3.63) is 35.9 Å². The van der Waals surface area contributed by atoms with Crippen LogP contribution >= 0.6 is 0 Å². The minimum absolute atomic E-state index is 0.522. The molecule has 1 amide bonds. The number of hydrogen-bond donors (Lipinski definition) is 2. The second kappa shape index (κ2) is 7.52. The van der Waals surface area contributed by atoms with E-state index in [1.54, 1.807) is 4.90 Å². The van der Waals surface area contributed by atoms with Crippen LogP contribution in [0.25, 0.3) is 0 Å². The van der Waals surface area contributed by atoms with Gasteiger partial charge in [-0.15, -0.1) is 0 Å². The van der Waals surface area contributed by atoms with Crippen LogP contribution in [0.5, 0.6) is 0 Å². The van der Waals surface area contributed by atoms with Gasteiger partial charge in [0.05, 0.1) is 0 Å². The lowest BCUT2D eigenvalue weighted by molar-refractivity contribution is 0.123. The Labute approximate surface area is 124 Å². The van der Waals surface area contributed by atoms with Gasteiger partial charge in [-0.2, -0.15) is 0 Å². The minimum atomic E-state index is -0.549. The summed E-state index contributed by atoms with van der Waals surface area (Å²) in [7, 11) is 0. The molecule has 1 heterocycles. The number of carbonyl (C=O) groups is 1. The molecule has 1 aromatic rings. The van der Waals surface area contributed by atoms with Gasteiger partial charge in [0.15, 0.2) is 0 Å². The van der Waals surface area contributed by atoms with Crippen molar-refractivity contribution in [3.8, 4) is 0 Å². The Morgan fingerprint density at radius 2 is 2.00 bits per heavy atom. The Balaban J connectivity index is 1.72. The summed E-state index contributed by atoms with van der Waals surface area (Å²) in [6.45, 7) is 1.30. The molecule has 1 aliphatic rings. The van der Waals surface area contributed by atoms with E-state index in [2.05, 4.69) is 34.2 Å². The van der Waals surface area contributed by atoms with E-state index >= 15 is 0 Å². The first kappa shape index (κ1) is 15.2. The third-order valence-corrected chi connectivity index (χ3v) is 3.85. The smallest absolute Gasteiger partial charge is 0.407 e. The quantitative estimate of drug-likeness (QED) is 0.386. The molecule has 0 bridgehead atoms. The fourth-order valence-corrected chi connectivity index (χ4v) is 2.59. The first-order valence-electron chi connectivity index (χ1n) is 7.17. The van der Waals surface area contributed by atoms with Crippen molar-refractivity contribution in [1.82, 2.24) is 4.90 Å². The van der Waals surface area contributed by atoms with E-state index in [0.717, 1.165) is 25.7 Å². The Hall–Kier alpha value is -2.24. The minimum Gasteiger partial charge on any atom is -0.407 e. The van der Waals surface area contributed by atoms with E-state index in [4.69, 9.17) is 10.9 Å². The first-order chi connectivity index (χ1) is 10.2. The molecule has 1 fully saturated rings. The Bertz CT molecular complexity index is 482. The number of likely N-dealkylation sites (tertiary alicyclic amines) is 1. The number of aryl methyl sites for hydroxylation is 1. The molecular weight excluding hydrogens is 270 g/mol. The normalized spacial score (nSPS) is 16.8. The third-order valence-electron chi connectivity index (χ3n) is 3.85. The molecule has 1 aromatic carbocycles. The van der Waals surface area contributed by atoms with E-state index in [-0.39, 0.29) is 0 Å². The van der Waals surface area contributed by atoms with Gasteiger partial charge >= 0.3 is 12.1 Å². The van der Waals surface area contributed by atoms with Crippen molar-refractivity contribution in [1.29, 1.82) is 0 Å². The molecule has 0 spiro atoms. The van der Waals surface area contributed by atoms with E-state index in [1.807, 2.05) is 6.07 Å². The third kappa shape index (κ3) is 4.66. The molecule has 6 nitrogen and oxygen atoms in total. The van der Waals surface area contributed by atoms with Gasteiger partial charge in [-0.05, 0) is 42.3 Å². The van der Waals surface area contributed by atoms with E-state index < -0.39 is 12.1 Å². The van der Waals surface area contributed by atoms with Crippen molar-refractivity contribution in [2.75, 3.05) is 13.1 Å². The lowest BCUT2D eigenvalue weighted by Crippen LogP contribution is -2.40. The van der Waals surface area contributed by atoms with Gasteiger partial charge < -0.3 is 20.6 Å². The topological polar surface area (TPSA) is 88.1 Å². The molecule has 2 rings (SSSR count). The monoisotopic (exact) mass is 291 g/mol. The van der Waals surface area contributed by atoms with E-state index in [9.17, 15) is 4.79 Å². The van der Waals surface area contributed by atoms with Gasteiger partial charge in [0, 0.05) is 13.1 Å². The second-order valence-corrected chi connectivity index (χ2v) is 5.26. The number of benzene rings is 1. The molecule has 0 saturated carbocycles. The molecule has 3 N–H and O–H groups in total. The number of carbonyl (C=O) groups excluding carboxylic acids is 1. The van der Waals surface area contributed by atoms with Crippen LogP contribution in [0.15, 0.2) is 35.5 Å². The number of oxime groups is 1. The van der Waals surface area contributed by atoms with Gasteiger partial charge in [0.1, 0.15) is 0 Å². The van der Waals surface area contributed by atoms with Crippen LogP contribution in [-0.4, -0.2) is 35.3 Å². The van der Waals surface area contributed by atoms with Crippen LogP contribution in [0.4, 0.5) is 4.79 Å². The maximum absolute atomic E-state index is 11.7. The zero-order valence-corrected chi connectivity index (χ0v) is 11.9. The number of piperidine rings is 1. The summed E-state index contributed by atoms with van der Waals surface area (Å²) in [6.07, 6.45) is 3.57. The highest BCUT2D eigenvalue weighted by molar-refractivity contribution is 5.85. The van der Waals surface area contributed by atoms with Crippen LogP contribution in [0.2, 0.25) is 0 Å². The average molecular weight is 291 g/mol. The van der Waals surface area contributed by atoms with Crippen molar-refractivity contribution < 1.29 is 14.7 Å². The first-order valence-corrected chi connectivity index (χ1v) is 7.17. The maximum atomic E-state index is 11.7. The zero-order valence-electron chi connectivity index (χ0n) is 11.9. The van der Waals surface area contributed by atoms with Gasteiger partial charge in [-0.25, -0.2) is 4.79 Å². The van der Waals surface area contributed by atoms with Crippen molar-refractivity contribution in [2.24, 2.45) is 16.8 Å². The van der Waals surface area contributed by atoms with Crippen LogP contribution in [0, 0.1) is 5.92 Å². The van der Waals surface area contributed by atoms with Crippen LogP contribution in [0.3, 0.4) is 0 Å². The number of rotatable bonds is 3. The van der Waals surface area contributed by atoms with Crippen molar-refractivity contribution in [2.45, 2.75) is 25.7 Å². The molecule has 6 heteroatoms. The lowest BCUT2D eigenvalue weighted by atomic mass is 9.91. The largest absolute Gasteiger partial charge is 0.417 e. The molecule has 1 aliphatic heterocycles. The number of nitrogens with zero attached hydrogens (tertiary/aromatic N) is 2. The molecule has 0 unspecified atom stereocenters. The SMILES string of the molecule is NC(=NO)OC(=O)N1CCC(CCc2ccccc2)CC1. The van der Waals surface area contributed by atoms with E-state index in [1.165, 1.54) is 5.56 Å². The summed E-state index contributed by atoms with van der Waals surface area (Å²) in [5.74, 6) is 0.623. The van der Waals surface area contributed by atoms with E-state index in [0.29, 0.717) is 19.0 Å². The molecule has 0 atom stereocenters. The summed E-state index contributed by atoms with van der Waals surface area (Å²) in [6, 6.07) is 9.90. The van der Waals surface area contributed by atoms with Gasteiger partial charge in [-0.1, -0.05) is 30.3 Å². The molecule has 0 aliphatic carbocycles. The summed E-state index contributed by atoms with van der Waals surface area (Å²) >= 11 is 0. The van der Waals surface area contributed by atoms with Crippen molar-refractivity contribution >= 4 is 12.1 Å². The molecule has 0 radical (unpaired) electrons. The highest BCUT2D eigenvalue weighted by Crippen LogP contribution is 2.22. The summed E-state index contributed by atoms with van der Waals surface area (Å²) < 4.78 is 4.67. The second-order valence-electron chi connectivity index (χ2n) is 5.26. The highest BCUT2D eigenvalue weighted by Gasteiger charge is 2.24. The van der Waals surface area contributed by atoms with Crippen LogP contribution in [-0.2, 0) is 11.2 Å². The molecule has 21 heavy (non-hydrogen) atoms. The van der Waals surface area contributed by atoms with Crippen LogP contribution in [0.1, 0.15) is 24.8 Å². The molecule has 1 saturated heterocycles. The predicted octanol–water partition coefficient (Wildman–Crippen LogP) is 2.17. The number of nitrogens with two attached hydrogens (primary N) is 1. The number of amides is 1. The average Bonchev–Trinajstić information content (AvgIpc) is 2.54. The van der Waals surface area contributed by atoms with Gasteiger partial charge in [0.25, 0.3) is 0 Å². The predicted molar refractivity (Wildman–Crippen MR) is 78.9 cm³/mol. The molecule has 0 aromatic heterocycles. The Morgan fingerprint density at radius 3 is 2.62 bits per heavy atom. The van der Waals surface area contributed by atoms with Crippen molar-refractivity contribution in [3.63, 3.8) is 0 Å². The maximum Gasteiger partial charge on any atom is 0.417 e. The highest BCUT2D eigenvalue weighted by atomic mass is 16.6. The van der Waals surface area contributed by atoms with Crippen LogP contribution < -0.4 is 5.73 Å². The number of amidine groups is 1. The van der Waals surface area contributed by atoms with Gasteiger partial charge in [-0.3, -0.25) is 0 Å². The lowest BCUT2D eigenvalue weighted by Gasteiger charge is -2.31. The van der Waals surface area contributed by atoms with Gasteiger partial charge in [0.2, 0.25) is 0 Å². The molecule has 114 valence electrons. The number of ether oxygens (including phenoxy) is 1.